The van der Waals surface area contributed by atoms with Crippen LogP contribution < -0.4 is 10.6 Å². The van der Waals surface area contributed by atoms with Crippen LogP contribution >= 0.6 is 0 Å². The summed E-state index contributed by atoms with van der Waals surface area (Å²) in [5.41, 5.74) is 5.86. The standard InChI is InChI=1S/C16H17N3O.C15H20N2O2.C2H4O/c1-10-6-5-9-19(10)16-15-14(17-11(2)18-16)12-7-3-4-8-13(12)20-15;1-3-11-4-5-14-12(8-11)16-15(18)17(14)13-6-7-19-9-10(13)2;1-2-3/h3-4,7-8,10H,5-6,9H2,1-2H3;4-5,8,10,13H,3,6-7,9H2,1-2H3,(H,16,18);2-3H,1H2/t10-;10-,13?;/m10./s1. The number of furan rings is 1. The van der Waals surface area contributed by atoms with Crippen LogP contribution in [0.4, 0.5) is 5.82 Å². The maximum Gasteiger partial charge on any atom is 0.326 e. The Hall–Kier alpha value is -4.11. The van der Waals surface area contributed by atoms with Gasteiger partial charge >= 0.3 is 5.69 Å². The Labute approximate surface area is 245 Å². The lowest BCUT2D eigenvalue weighted by Crippen LogP contribution is -2.33. The average Bonchev–Trinajstić information content (AvgIpc) is 3.67. The van der Waals surface area contributed by atoms with Gasteiger partial charge in [0.1, 0.15) is 16.9 Å². The monoisotopic (exact) mass is 571 g/mol. The number of hydrogen-bond donors (Lipinski definition) is 2. The Kier molecular flexibility index (Phi) is 8.97. The molecule has 3 atom stereocenters. The number of anilines is 1. The average molecular weight is 572 g/mol. The molecule has 2 aliphatic rings. The van der Waals surface area contributed by atoms with Gasteiger partial charge in [-0.25, -0.2) is 14.8 Å². The Morgan fingerprint density at radius 3 is 2.67 bits per heavy atom. The number of rotatable bonds is 3. The molecule has 2 N–H and O–H groups in total. The van der Waals surface area contributed by atoms with Crippen LogP contribution in [0.2, 0.25) is 0 Å². The summed E-state index contributed by atoms with van der Waals surface area (Å²) >= 11 is 0. The molecule has 222 valence electrons. The van der Waals surface area contributed by atoms with Gasteiger partial charge in [-0.2, -0.15) is 0 Å². The summed E-state index contributed by atoms with van der Waals surface area (Å²) in [7, 11) is 0. The molecule has 42 heavy (non-hydrogen) atoms. The molecule has 2 saturated heterocycles. The van der Waals surface area contributed by atoms with Crippen molar-refractivity contribution in [3.63, 3.8) is 0 Å². The molecule has 7 rings (SSSR count). The fraction of sp³-hybridized carbons (Fsp3) is 0.424. The highest BCUT2D eigenvalue weighted by Crippen LogP contribution is 2.35. The van der Waals surface area contributed by atoms with Gasteiger partial charge in [0.2, 0.25) is 0 Å². The fourth-order valence-corrected chi connectivity index (χ4v) is 6.11. The van der Waals surface area contributed by atoms with Gasteiger partial charge in [0.25, 0.3) is 0 Å². The Morgan fingerprint density at radius 1 is 1.17 bits per heavy atom. The van der Waals surface area contributed by atoms with Crippen LogP contribution in [0.25, 0.3) is 33.1 Å². The van der Waals surface area contributed by atoms with Gasteiger partial charge in [-0.05, 0) is 69.4 Å². The maximum atomic E-state index is 12.2. The van der Waals surface area contributed by atoms with E-state index in [-0.39, 0.29) is 11.7 Å². The van der Waals surface area contributed by atoms with Gasteiger partial charge in [0, 0.05) is 36.5 Å². The summed E-state index contributed by atoms with van der Waals surface area (Å²) in [5.74, 6) is 2.13. The fourth-order valence-electron chi connectivity index (χ4n) is 6.11. The summed E-state index contributed by atoms with van der Waals surface area (Å²) in [5, 5.41) is 8.40. The van der Waals surface area contributed by atoms with Crippen molar-refractivity contribution in [2.45, 2.75) is 65.5 Å². The SMILES string of the molecule is C=CO.CCc1ccc2c(c1)[nH]c(=O)n2C1CCOC[C@@H]1C.Cc1nc(N2CCC[C@H]2C)c2oc3ccccc3c2n1. The predicted molar refractivity (Wildman–Crippen MR) is 168 cm³/mol. The van der Waals surface area contributed by atoms with Gasteiger partial charge in [-0.3, -0.25) is 4.57 Å². The molecule has 9 heteroatoms. The number of aromatic nitrogens is 4. The van der Waals surface area contributed by atoms with Crippen molar-refractivity contribution in [1.82, 2.24) is 19.5 Å². The van der Waals surface area contributed by atoms with Gasteiger partial charge in [0.05, 0.1) is 23.9 Å². The van der Waals surface area contributed by atoms with E-state index in [1.165, 1.54) is 18.4 Å². The summed E-state index contributed by atoms with van der Waals surface area (Å²) < 4.78 is 13.4. The molecule has 9 nitrogen and oxygen atoms in total. The van der Waals surface area contributed by atoms with Crippen molar-refractivity contribution in [1.29, 1.82) is 0 Å². The zero-order valence-corrected chi connectivity index (χ0v) is 25.0. The molecule has 5 heterocycles. The number of imidazole rings is 1. The minimum Gasteiger partial charge on any atom is -0.516 e. The minimum atomic E-state index is 0.00185. The lowest BCUT2D eigenvalue weighted by Gasteiger charge is -2.29. The molecule has 1 unspecified atom stereocenters. The molecule has 0 aliphatic carbocycles. The third-order valence-corrected chi connectivity index (χ3v) is 8.26. The Morgan fingerprint density at radius 2 is 1.95 bits per heavy atom. The topological polar surface area (TPSA) is 109 Å². The van der Waals surface area contributed by atoms with Crippen LogP contribution in [0.1, 0.15) is 57.5 Å². The summed E-state index contributed by atoms with van der Waals surface area (Å²) in [6.45, 7) is 13.9. The minimum absolute atomic E-state index is 0.00185. The largest absolute Gasteiger partial charge is 0.516 e. The number of H-pyrrole nitrogens is 1. The van der Waals surface area contributed by atoms with Crippen LogP contribution in [-0.2, 0) is 11.2 Å². The summed E-state index contributed by atoms with van der Waals surface area (Å²) in [6.07, 6.45) is 5.07. The van der Waals surface area contributed by atoms with E-state index in [0.29, 0.717) is 12.0 Å². The van der Waals surface area contributed by atoms with Crippen LogP contribution in [0, 0.1) is 12.8 Å². The van der Waals surface area contributed by atoms with Crippen LogP contribution in [0.15, 0.2) is 64.5 Å². The molecule has 0 bridgehead atoms. The van der Waals surface area contributed by atoms with E-state index in [2.05, 4.69) is 71.5 Å². The van der Waals surface area contributed by atoms with E-state index in [9.17, 15) is 4.79 Å². The molecular weight excluding hydrogens is 530 g/mol. The molecule has 0 amide bonds. The first-order valence-corrected chi connectivity index (χ1v) is 14.8. The van der Waals surface area contributed by atoms with Crippen molar-refractivity contribution in [3.05, 3.63) is 77.2 Å². The molecule has 0 saturated carbocycles. The van der Waals surface area contributed by atoms with Crippen LogP contribution in [0.3, 0.4) is 0 Å². The molecule has 2 fully saturated rings. The van der Waals surface area contributed by atoms with E-state index in [1.54, 1.807) is 0 Å². The van der Waals surface area contributed by atoms with Crippen LogP contribution in [0.5, 0.6) is 0 Å². The highest BCUT2D eigenvalue weighted by atomic mass is 16.5. The molecule has 0 radical (unpaired) electrons. The predicted octanol–water partition coefficient (Wildman–Crippen LogP) is 6.85. The lowest BCUT2D eigenvalue weighted by molar-refractivity contribution is 0.0289. The highest BCUT2D eigenvalue weighted by molar-refractivity contribution is 6.05. The van der Waals surface area contributed by atoms with Crippen molar-refractivity contribution < 1.29 is 14.3 Å². The molecule has 2 aromatic carbocycles. The van der Waals surface area contributed by atoms with Gasteiger partial charge in [0.15, 0.2) is 11.4 Å². The van der Waals surface area contributed by atoms with E-state index in [4.69, 9.17) is 14.3 Å². The third-order valence-electron chi connectivity index (χ3n) is 8.26. The first kappa shape index (κ1) is 29.4. The van der Waals surface area contributed by atoms with Crippen molar-refractivity contribution >= 4 is 38.9 Å². The second-order valence-corrected chi connectivity index (χ2v) is 11.2. The zero-order chi connectivity index (χ0) is 29.8. The molecule has 2 aliphatic heterocycles. The number of fused-ring (bicyclic) bond motifs is 4. The quantitative estimate of drug-likeness (QED) is 0.228. The van der Waals surface area contributed by atoms with Gasteiger partial charge < -0.3 is 24.1 Å². The van der Waals surface area contributed by atoms with E-state index in [0.717, 1.165) is 83.6 Å². The number of aliphatic hydroxyl groups excluding tert-OH is 1. The van der Waals surface area contributed by atoms with Gasteiger partial charge in [-0.15, -0.1) is 0 Å². The van der Waals surface area contributed by atoms with Crippen molar-refractivity contribution in [2.24, 2.45) is 5.92 Å². The first-order valence-electron chi connectivity index (χ1n) is 14.8. The number of aryl methyl sites for hydroxylation is 2. The number of para-hydroxylation sites is 1. The summed E-state index contributed by atoms with van der Waals surface area (Å²) in [6, 6.07) is 15.1. The number of benzene rings is 2. The molecular formula is C33H41N5O4. The smallest absolute Gasteiger partial charge is 0.326 e. The number of ether oxygens (including phenoxy) is 1. The number of hydrogen-bond acceptors (Lipinski definition) is 7. The van der Waals surface area contributed by atoms with E-state index in [1.807, 2.05) is 29.7 Å². The normalized spacial score (nSPS) is 20.3. The number of aliphatic hydroxyl groups is 1. The summed E-state index contributed by atoms with van der Waals surface area (Å²) in [4.78, 5) is 26.8. The van der Waals surface area contributed by atoms with E-state index < -0.39 is 0 Å². The number of nitrogens with zero attached hydrogens (tertiary/aromatic N) is 4. The third kappa shape index (κ3) is 5.79. The Balaban J connectivity index is 0.000000154. The lowest BCUT2D eigenvalue weighted by atomic mass is 9.97. The maximum absolute atomic E-state index is 12.2. The second kappa shape index (κ2) is 12.8. The zero-order valence-electron chi connectivity index (χ0n) is 25.0. The van der Waals surface area contributed by atoms with Crippen molar-refractivity contribution in [2.75, 3.05) is 24.7 Å². The molecule has 3 aromatic heterocycles. The van der Waals surface area contributed by atoms with Crippen LogP contribution in [-0.4, -0.2) is 50.4 Å². The number of nitrogens with one attached hydrogen (secondary N) is 1. The van der Waals surface area contributed by atoms with E-state index >= 15 is 0 Å². The molecule has 5 aromatic rings. The van der Waals surface area contributed by atoms with Gasteiger partial charge in [-0.1, -0.05) is 38.6 Å². The molecule has 0 spiro atoms. The number of aromatic amines is 1. The highest BCUT2D eigenvalue weighted by Gasteiger charge is 2.27. The van der Waals surface area contributed by atoms with Crippen molar-refractivity contribution in [3.8, 4) is 0 Å². The Bertz CT molecular complexity index is 1740. The first-order chi connectivity index (χ1) is 20.4. The second-order valence-electron chi connectivity index (χ2n) is 11.2.